The number of sulfonamides is 1. The van der Waals surface area contributed by atoms with Gasteiger partial charge >= 0.3 is 0 Å². The van der Waals surface area contributed by atoms with Gasteiger partial charge in [0.25, 0.3) is 10.1 Å². The SMILES string of the molecule is O=S(=O)(O)c1ccc(OCCCN2CS2(=O)=O)cc1. The minimum absolute atomic E-state index is 0.107. The number of benzene rings is 1. The molecule has 1 aliphatic rings. The Morgan fingerprint density at radius 3 is 2.32 bits per heavy atom. The van der Waals surface area contributed by atoms with Crippen LogP contribution in [-0.2, 0) is 20.1 Å². The summed E-state index contributed by atoms with van der Waals surface area (Å²) in [6, 6.07) is 5.33. The van der Waals surface area contributed by atoms with E-state index in [1.165, 1.54) is 28.6 Å². The quantitative estimate of drug-likeness (QED) is 0.461. The molecule has 1 unspecified atom stereocenters. The van der Waals surface area contributed by atoms with Gasteiger partial charge in [-0.1, -0.05) is 0 Å². The molecule has 1 N–H and O–H groups in total. The number of ether oxygens (including phenoxy) is 1. The highest BCUT2D eigenvalue weighted by Gasteiger charge is 2.39. The maximum absolute atomic E-state index is 10.9. The van der Waals surface area contributed by atoms with Crippen LogP contribution in [0.3, 0.4) is 0 Å². The van der Waals surface area contributed by atoms with E-state index >= 15 is 0 Å². The Kier molecular flexibility index (Phi) is 3.81. The van der Waals surface area contributed by atoms with Gasteiger partial charge in [-0.3, -0.25) is 4.55 Å². The van der Waals surface area contributed by atoms with Gasteiger partial charge < -0.3 is 4.74 Å². The molecule has 0 saturated carbocycles. The predicted molar refractivity (Wildman–Crippen MR) is 66.9 cm³/mol. The van der Waals surface area contributed by atoms with Crippen molar-refractivity contribution in [3.8, 4) is 5.75 Å². The lowest BCUT2D eigenvalue weighted by molar-refractivity contribution is 0.302. The summed E-state index contributed by atoms with van der Waals surface area (Å²) in [5, 5.41) is 0. The molecule has 0 aliphatic carbocycles. The molecule has 9 heteroatoms. The summed E-state index contributed by atoms with van der Waals surface area (Å²) in [5.41, 5.74) is 0. The topological polar surface area (TPSA) is 101 Å². The monoisotopic (exact) mass is 307 g/mol. The molecule has 1 fully saturated rings. The fraction of sp³-hybridized carbons (Fsp3) is 0.400. The first-order chi connectivity index (χ1) is 8.79. The lowest BCUT2D eigenvalue weighted by atomic mass is 10.3. The normalized spacial score (nSPS) is 21.0. The Balaban J connectivity index is 1.77. The first kappa shape index (κ1) is 14.3. The van der Waals surface area contributed by atoms with Crippen LogP contribution in [0.25, 0.3) is 0 Å². The number of hydrogen-bond donors (Lipinski definition) is 1. The van der Waals surface area contributed by atoms with Crippen molar-refractivity contribution >= 4 is 20.1 Å². The van der Waals surface area contributed by atoms with Gasteiger partial charge in [0.15, 0.2) is 0 Å². The summed E-state index contributed by atoms with van der Waals surface area (Å²) in [7, 11) is -7.13. The van der Waals surface area contributed by atoms with Gasteiger partial charge in [-0.05, 0) is 30.7 Å². The highest BCUT2D eigenvalue weighted by atomic mass is 32.2. The lowest BCUT2D eigenvalue weighted by Crippen LogP contribution is -2.07. The molecule has 106 valence electrons. The summed E-state index contributed by atoms with van der Waals surface area (Å²) in [6.07, 6.45) is 0.555. The second-order valence-electron chi connectivity index (χ2n) is 4.06. The van der Waals surface area contributed by atoms with Crippen LogP contribution in [0.15, 0.2) is 29.2 Å². The molecule has 19 heavy (non-hydrogen) atoms. The second kappa shape index (κ2) is 5.08. The summed E-state index contributed by atoms with van der Waals surface area (Å²) in [6.45, 7) is 0.753. The van der Waals surface area contributed by atoms with Gasteiger partial charge in [0.1, 0.15) is 11.6 Å². The van der Waals surface area contributed by atoms with Gasteiger partial charge in [-0.25, -0.2) is 8.42 Å². The first-order valence-electron chi connectivity index (χ1n) is 5.47. The van der Waals surface area contributed by atoms with Crippen molar-refractivity contribution in [2.75, 3.05) is 19.0 Å². The van der Waals surface area contributed by atoms with Gasteiger partial charge in [0.05, 0.1) is 11.5 Å². The predicted octanol–water partition coefficient (Wildman–Crippen LogP) is 0.305. The summed E-state index contributed by atoms with van der Waals surface area (Å²) in [4.78, 5) is -0.199. The zero-order chi connectivity index (χ0) is 14.1. The van der Waals surface area contributed by atoms with Crippen LogP contribution in [0.4, 0.5) is 0 Å². The molecule has 0 spiro atoms. The van der Waals surface area contributed by atoms with Crippen LogP contribution in [-0.4, -0.2) is 44.7 Å². The van der Waals surface area contributed by atoms with E-state index in [0.717, 1.165) is 0 Å². The zero-order valence-electron chi connectivity index (χ0n) is 9.89. The Labute approximate surface area is 111 Å². The third-order valence-electron chi connectivity index (χ3n) is 2.57. The number of hydrogen-bond acceptors (Lipinski definition) is 5. The Bertz CT molecular complexity index is 650. The lowest BCUT2D eigenvalue weighted by Gasteiger charge is -2.06. The summed E-state index contributed by atoms with van der Waals surface area (Å²) < 4.78 is 58.8. The molecule has 0 aromatic heterocycles. The van der Waals surface area contributed by atoms with E-state index in [1.807, 2.05) is 0 Å². The third kappa shape index (κ3) is 3.90. The molecule has 1 heterocycles. The first-order valence-corrected chi connectivity index (χ1v) is 8.52. The largest absolute Gasteiger partial charge is 0.494 e. The smallest absolute Gasteiger partial charge is 0.294 e. The third-order valence-corrected chi connectivity index (χ3v) is 4.88. The zero-order valence-corrected chi connectivity index (χ0v) is 11.5. The maximum Gasteiger partial charge on any atom is 0.294 e. The standard InChI is InChI=1S/C10H13NO6S2/c12-18(13)8-11(18)6-1-7-17-9-2-4-10(5-3-9)19(14,15)16/h2-5H,1,6-8H2,(H,14,15,16). The van der Waals surface area contributed by atoms with E-state index < -0.39 is 20.1 Å². The summed E-state index contributed by atoms with van der Waals surface area (Å²) in [5.74, 6) is 0.567. The molecule has 0 radical (unpaired) electrons. The van der Waals surface area contributed by atoms with Gasteiger partial charge in [-0.2, -0.15) is 12.7 Å². The van der Waals surface area contributed by atoms with E-state index in [2.05, 4.69) is 0 Å². The van der Waals surface area contributed by atoms with Gasteiger partial charge in [-0.15, -0.1) is 0 Å². The van der Waals surface area contributed by atoms with Crippen LogP contribution < -0.4 is 4.74 Å². The fourth-order valence-electron chi connectivity index (χ4n) is 1.50. The van der Waals surface area contributed by atoms with Gasteiger partial charge in [0, 0.05) is 6.54 Å². The second-order valence-corrected chi connectivity index (χ2v) is 7.42. The minimum atomic E-state index is -4.19. The molecule has 0 bridgehead atoms. The van der Waals surface area contributed by atoms with E-state index in [4.69, 9.17) is 9.29 Å². The van der Waals surface area contributed by atoms with E-state index in [0.29, 0.717) is 25.3 Å². The molecule has 1 aromatic carbocycles. The molecule has 1 aromatic rings. The van der Waals surface area contributed by atoms with Crippen molar-refractivity contribution in [2.24, 2.45) is 0 Å². The Morgan fingerprint density at radius 1 is 1.26 bits per heavy atom. The molecule has 1 atom stereocenters. The average molecular weight is 307 g/mol. The van der Waals surface area contributed by atoms with Crippen molar-refractivity contribution in [3.05, 3.63) is 24.3 Å². The minimum Gasteiger partial charge on any atom is -0.494 e. The highest BCUT2D eigenvalue weighted by Crippen LogP contribution is 2.19. The van der Waals surface area contributed by atoms with Gasteiger partial charge in [0.2, 0.25) is 10.0 Å². The molecule has 7 nitrogen and oxygen atoms in total. The Hall–Kier alpha value is -1.16. The highest BCUT2D eigenvalue weighted by molar-refractivity contribution is 7.95. The van der Waals surface area contributed by atoms with Crippen LogP contribution >= 0.6 is 0 Å². The van der Waals surface area contributed by atoms with E-state index in [9.17, 15) is 16.8 Å². The molecular formula is C10H13NO6S2. The summed E-state index contributed by atoms with van der Waals surface area (Å²) >= 11 is 0. The van der Waals surface area contributed by atoms with Crippen LogP contribution in [0.1, 0.15) is 6.42 Å². The van der Waals surface area contributed by atoms with Crippen molar-refractivity contribution in [2.45, 2.75) is 11.3 Å². The molecular weight excluding hydrogens is 294 g/mol. The Morgan fingerprint density at radius 2 is 1.84 bits per heavy atom. The fourth-order valence-corrected chi connectivity index (χ4v) is 3.09. The maximum atomic E-state index is 10.9. The number of rotatable bonds is 6. The van der Waals surface area contributed by atoms with Crippen molar-refractivity contribution in [3.63, 3.8) is 0 Å². The van der Waals surface area contributed by atoms with E-state index in [1.54, 1.807) is 0 Å². The average Bonchev–Trinajstić information content (AvgIpc) is 2.92. The number of nitrogens with zero attached hydrogens (tertiary/aromatic N) is 1. The van der Waals surface area contributed by atoms with Crippen molar-refractivity contribution in [1.29, 1.82) is 0 Å². The molecule has 1 aliphatic heterocycles. The van der Waals surface area contributed by atoms with Crippen LogP contribution in [0.5, 0.6) is 5.75 Å². The van der Waals surface area contributed by atoms with E-state index in [-0.39, 0.29) is 10.8 Å². The van der Waals surface area contributed by atoms with Crippen molar-refractivity contribution < 1.29 is 26.1 Å². The molecule has 0 amide bonds. The van der Waals surface area contributed by atoms with Crippen LogP contribution in [0.2, 0.25) is 0 Å². The van der Waals surface area contributed by atoms with Crippen LogP contribution in [0, 0.1) is 0 Å². The molecule has 2 rings (SSSR count). The van der Waals surface area contributed by atoms with Crippen molar-refractivity contribution in [1.82, 2.24) is 4.31 Å². The molecule has 1 saturated heterocycles.